The Balaban J connectivity index is 0.000000448. The molecule has 11 nitrogen and oxygen atoms in total. The molecule has 0 saturated heterocycles. The van der Waals surface area contributed by atoms with Gasteiger partial charge in [0.2, 0.25) is 10.0 Å². The molecule has 206 valence electrons. The lowest BCUT2D eigenvalue weighted by Crippen LogP contribution is -2.74. The Hall–Kier alpha value is -4.03. The Morgan fingerprint density at radius 1 is 1.23 bits per heavy atom. The number of hydrogen-bond donors (Lipinski definition) is 3. The Bertz CT molecular complexity index is 1610. The van der Waals surface area contributed by atoms with Crippen LogP contribution >= 0.6 is 0 Å². The van der Waals surface area contributed by atoms with E-state index in [0.29, 0.717) is 36.2 Å². The average molecular weight is 564 g/mol. The number of anilines is 1. The SMILES string of the molecule is Cc1ccc(S(=O)(=O)NC23CC(C#N)(C2)C3)cc1-c1cnc(N)c(-c2cn(C)nc2C)n1.O=C(O)C(F)(F)F. The van der Waals surface area contributed by atoms with Gasteiger partial charge in [0.1, 0.15) is 11.5 Å². The molecular weight excluding hydrogens is 539 g/mol. The first-order chi connectivity index (χ1) is 18.0. The highest BCUT2D eigenvalue weighted by atomic mass is 32.2. The van der Waals surface area contributed by atoms with Gasteiger partial charge in [0, 0.05) is 29.9 Å². The number of sulfonamides is 1. The molecule has 6 rings (SSSR count). The van der Waals surface area contributed by atoms with Crippen LogP contribution in [0.4, 0.5) is 19.0 Å². The van der Waals surface area contributed by atoms with Crippen molar-refractivity contribution in [3.05, 3.63) is 41.9 Å². The highest BCUT2D eigenvalue weighted by Crippen LogP contribution is 2.67. The maximum absolute atomic E-state index is 13.1. The number of nitrogen functional groups attached to an aromatic ring is 1. The van der Waals surface area contributed by atoms with Crippen molar-refractivity contribution >= 4 is 21.8 Å². The second kappa shape index (κ2) is 9.31. The third-order valence-electron chi connectivity index (χ3n) is 6.73. The summed E-state index contributed by atoms with van der Waals surface area (Å²) in [5, 5.41) is 20.7. The van der Waals surface area contributed by atoms with Crippen LogP contribution < -0.4 is 10.5 Å². The molecule has 0 amide bonds. The molecule has 3 aromatic rings. The fourth-order valence-electron chi connectivity index (χ4n) is 4.96. The third-order valence-corrected chi connectivity index (χ3v) is 8.30. The molecule has 2 aromatic heterocycles. The lowest BCUT2D eigenvalue weighted by Gasteiger charge is -2.66. The van der Waals surface area contributed by atoms with Gasteiger partial charge in [-0.25, -0.2) is 27.9 Å². The van der Waals surface area contributed by atoms with E-state index in [1.807, 2.05) is 27.1 Å². The molecule has 4 N–H and O–H groups in total. The van der Waals surface area contributed by atoms with E-state index >= 15 is 0 Å². The van der Waals surface area contributed by atoms with Crippen molar-refractivity contribution in [3.63, 3.8) is 0 Å². The van der Waals surface area contributed by atoms with Crippen LogP contribution in [0.3, 0.4) is 0 Å². The van der Waals surface area contributed by atoms with Crippen LogP contribution in [-0.2, 0) is 21.9 Å². The molecular formula is C24H24F3N7O4S. The molecule has 0 atom stereocenters. The van der Waals surface area contributed by atoms with Crippen molar-refractivity contribution in [1.82, 2.24) is 24.5 Å². The van der Waals surface area contributed by atoms with E-state index in [2.05, 4.69) is 20.9 Å². The summed E-state index contributed by atoms with van der Waals surface area (Å²) in [6.07, 6.45) is 0.0204. The molecule has 39 heavy (non-hydrogen) atoms. The number of hydrogen-bond acceptors (Lipinski definition) is 8. The first-order valence-electron chi connectivity index (χ1n) is 11.5. The Morgan fingerprint density at radius 3 is 2.36 bits per heavy atom. The largest absolute Gasteiger partial charge is 0.490 e. The molecule has 0 radical (unpaired) electrons. The maximum atomic E-state index is 13.1. The summed E-state index contributed by atoms with van der Waals surface area (Å²) in [7, 11) is -1.92. The Kier molecular flexibility index (Phi) is 6.68. The van der Waals surface area contributed by atoms with E-state index in [4.69, 9.17) is 20.6 Å². The topological polar surface area (TPSA) is 177 Å². The van der Waals surface area contributed by atoms with Gasteiger partial charge >= 0.3 is 12.1 Å². The first-order valence-corrected chi connectivity index (χ1v) is 13.0. The van der Waals surface area contributed by atoms with Crippen LogP contribution in [0.25, 0.3) is 22.5 Å². The highest BCUT2D eigenvalue weighted by Gasteiger charge is 2.69. The molecule has 3 fully saturated rings. The minimum absolute atomic E-state index is 0.159. The fourth-order valence-corrected chi connectivity index (χ4v) is 6.39. The number of aliphatic carboxylic acids is 1. The summed E-state index contributed by atoms with van der Waals surface area (Å²) >= 11 is 0. The van der Waals surface area contributed by atoms with Crippen molar-refractivity contribution in [2.45, 2.75) is 49.7 Å². The van der Waals surface area contributed by atoms with Gasteiger partial charge in [-0.2, -0.15) is 23.5 Å². The minimum Gasteiger partial charge on any atom is -0.475 e. The third kappa shape index (κ3) is 5.30. The average Bonchev–Trinajstić information content (AvgIpc) is 3.13. The first kappa shape index (κ1) is 28.0. The summed E-state index contributed by atoms with van der Waals surface area (Å²) in [6, 6.07) is 7.26. The lowest BCUT2D eigenvalue weighted by atomic mass is 9.40. The standard InChI is InChI=1S/C22H23N7O2S.C2HF3O2/c1-13-4-5-15(32(30,31)28-22-9-21(10-22,11-22)12-23)6-16(13)18-7-25-20(24)19(26-18)17-8-29(3)27-14(17)2;3-2(4,5)1(6)7/h4-8,28H,9-11H2,1-3H3,(H2,24,25);(H,6,7). The Morgan fingerprint density at radius 2 is 1.85 bits per heavy atom. The number of alkyl halides is 3. The lowest BCUT2D eigenvalue weighted by molar-refractivity contribution is -0.192. The van der Waals surface area contributed by atoms with Crippen molar-refractivity contribution < 1.29 is 31.5 Å². The number of aryl methyl sites for hydroxylation is 3. The molecule has 0 spiro atoms. The minimum atomic E-state index is -5.08. The summed E-state index contributed by atoms with van der Waals surface area (Å²) in [5.74, 6) is -2.48. The number of nitrogens with one attached hydrogen (secondary N) is 1. The number of benzene rings is 1. The molecule has 0 unspecified atom stereocenters. The van der Waals surface area contributed by atoms with Crippen molar-refractivity contribution in [2.75, 3.05) is 5.73 Å². The number of nitrogens with two attached hydrogens (primary N) is 1. The van der Waals surface area contributed by atoms with E-state index in [9.17, 15) is 26.9 Å². The summed E-state index contributed by atoms with van der Waals surface area (Å²) in [4.78, 5) is 18.1. The maximum Gasteiger partial charge on any atom is 0.490 e. The number of carbonyl (C=O) groups is 1. The van der Waals surface area contributed by atoms with Crippen LogP contribution in [0, 0.1) is 30.6 Å². The molecule has 1 aromatic carbocycles. The number of nitrogens with zero attached hydrogens (tertiary/aromatic N) is 5. The molecule has 15 heteroatoms. The van der Waals surface area contributed by atoms with Crippen LogP contribution in [0.1, 0.15) is 30.5 Å². The Labute approximate surface area is 221 Å². The fraction of sp³-hybridized carbons (Fsp3) is 0.375. The molecule has 3 aliphatic rings. The second-order valence-electron chi connectivity index (χ2n) is 9.88. The van der Waals surface area contributed by atoms with Crippen LogP contribution in [0.15, 0.2) is 35.5 Å². The van der Waals surface area contributed by atoms with E-state index < -0.39 is 27.7 Å². The molecule has 3 saturated carbocycles. The summed E-state index contributed by atoms with van der Waals surface area (Å²) in [5.41, 5.74) is 9.40. The number of rotatable bonds is 5. The summed E-state index contributed by atoms with van der Waals surface area (Å²) in [6.45, 7) is 3.76. The highest BCUT2D eigenvalue weighted by molar-refractivity contribution is 7.89. The molecule has 2 bridgehead atoms. The smallest absolute Gasteiger partial charge is 0.475 e. The van der Waals surface area contributed by atoms with Crippen LogP contribution in [-0.4, -0.2) is 51.0 Å². The van der Waals surface area contributed by atoms with Crippen LogP contribution in [0.2, 0.25) is 0 Å². The van der Waals surface area contributed by atoms with Gasteiger partial charge in [-0.15, -0.1) is 0 Å². The normalized spacial score (nSPS) is 21.6. The number of carboxylic acid groups (broad SMARTS) is 1. The summed E-state index contributed by atoms with van der Waals surface area (Å²) < 4.78 is 62.4. The number of nitriles is 1. The molecule has 0 aliphatic heterocycles. The predicted octanol–water partition coefficient (Wildman–Crippen LogP) is 3.10. The second-order valence-corrected chi connectivity index (χ2v) is 11.6. The zero-order valence-electron chi connectivity index (χ0n) is 21.0. The van der Waals surface area contributed by atoms with Crippen molar-refractivity contribution in [3.8, 4) is 28.6 Å². The predicted molar refractivity (Wildman–Crippen MR) is 132 cm³/mol. The van der Waals surface area contributed by atoms with E-state index in [1.165, 1.54) is 0 Å². The zero-order chi connectivity index (χ0) is 29.0. The molecule has 2 heterocycles. The van der Waals surface area contributed by atoms with Gasteiger partial charge in [0.05, 0.1) is 34.0 Å². The van der Waals surface area contributed by atoms with E-state index in [-0.39, 0.29) is 16.1 Å². The van der Waals surface area contributed by atoms with Crippen LogP contribution in [0.5, 0.6) is 0 Å². The van der Waals surface area contributed by atoms with Gasteiger partial charge < -0.3 is 10.8 Å². The molecule has 3 aliphatic carbocycles. The van der Waals surface area contributed by atoms with Gasteiger partial charge in [-0.3, -0.25) is 4.68 Å². The zero-order valence-corrected chi connectivity index (χ0v) is 21.9. The number of carboxylic acids is 1. The number of aromatic nitrogens is 4. The van der Waals surface area contributed by atoms with Gasteiger partial charge in [-0.05, 0) is 50.8 Å². The van der Waals surface area contributed by atoms with Gasteiger partial charge in [0.25, 0.3) is 0 Å². The van der Waals surface area contributed by atoms with Crippen molar-refractivity contribution in [2.24, 2.45) is 12.5 Å². The monoisotopic (exact) mass is 563 g/mol. The number of halogens is 3. The van der Waals surface area contributed by atoms with Gasteiger partial charge in [-0.1, -0.05) is 6.07 Å². The van der Waals surface area contributed by atoms with Gasteiger partial charge in [0.15, 0.2) is 0 Å². The van der Waals surface area contributed by atoms with E-state index in [0.717, 1.165) is 16.8 Å². The quantitative estimate of drug-likeness (QED) is 0.421. The van der Waals surface area contributed by atoms with E-state index in [1.54, 1.807) is 29.1 Å². The van der Waals surface area contributed by atoms with Crippen molar-refractivity contribution in [1.29, 1.82) is 5.26 Å².